The summed E-state index contributed by atoms with van der Waals surface area (Å²) >= 11 is 0. The highest BCUT2D eigenvalue weighted by Gasteiger charge is 2.36. The summed E-state index contributed by atoms with van der Waals surface area (Å²) in [5, 5.41) is 2.84. The number of rotatable bonds is 6. The second-order valence-corrected chi connectivity index (χ2v) is 9.91. The van der Waals surface area contributed by atoms with Crippen LogP contribution in [0.25, 0.3) is 11.1 Å². The first-order chi connectivity index (χ1) is 18.7. The molecule has 1 aliphatic heterocycles. The molecule has 2 heterocycles. The van der Waals surface area contributed by atoms with Crippen molar-refractivity contribution < 1.29 is 27.2 Å². The lowest BCUT2D eigenvalue weighted by molar-refractivity contribution is -0.146. The molecule has 1 atom stereocenters. The Kier molecular flexibility index (Phi) is 7.41. The fraction of sp³-hybridized carbons (Fsp3) is 0.300. The Bertz CT molecular complexity index is 1420. The molecule has 1 N–H and O–H groups in total. The summed E-state index contributed by atoms with van der Waals surface area (Å²) in [6, 6.07) is 20.9. The average molecular weight is 536 g/mol. The Morgan fingerprint density at radius 2 is 1.67 bits per heavy atom. The summed E-state index contributed by atoms with van der Waals surface area (Å²) in [6.45, 7) is 2.32. The maximum Gasteiger partial charge on any atom is 0.395 e. The molecule has 1 saturated heterocycles. The second-order valence-electron chi connectivity index (χ2n) is 9.91. The Balaban J connectivity index is 1.12. The lowest BCUT2D eigenvalue weighted by atomic mass is 9.89. The maximum absolute atomic E-state index is 12.9. The number of carbonyl (C=O) groups excluding carboxylic acids is 2. The van der Waals surface area contributed by atoms with Crippen molar-refractivity contribution in [2.24, 2.45) is 0 Å². The molecule has 1 unspecified atom stereocenters. The van der Waals surface area contributed by atoms with Crippen molar-refractivity contribution >= 4 is 28.6 Å². The number of para-hydroxylation sites is 2. The molecule has 6 nitrogen and oxygen atoms in total. The lowest BCUT2D eigenvalue weighted by Crippen LogP contribution is -2.38. The van der Waals surface area contributed by atoms with Crippen LogP contribution in [-0.2, 0) is 11.2 Å². The van der Waals surface area contributed by atoms with Crippen LogP contribution in [0.1, 0.15) is 59.0 Å². The molecule has 0 aliphatic carbocycles. The first kappa shape index (κ1) is 26.5. The minimum Gasteiger partial charge on any atom is -0.432 e. The number of piperidine rings is 1. The van der Waals surface area contributed by atoms with Gasteiger partial charge in [0.2, 0.25) is 5.91 Å². The normalized spacial score (nSPS) is 15.3. The van der Waals surface area contributed by atoms with Crippen molar-refractivity contribution in [3.05, 3.63) is 95.4 Å². The molecule has 0 bridgehead atoms. The van der Waals surface area contributed by atoms with E-state index >= 15 is 0 Å². The number of alkyl halides is 3. The van der Waals surface area contributed by atoms with Crippen LogP contribution < -0.4 is 5.32 Å². The van der Waals surface area contributed by atoms with E-state index < -0.39 is 12.1 Å². The molecular formula is C30H28F3N3O3. The fourth-order valence-electron chi connectivity index (χ4n) is 4.86. The highest BCUT2D eigenvalue weighted by Crippen LogP contribution is 2.34. The van der Waals surface area contributed by atoms with Gasteiger partial charge in [-0.25, -0.2) is 4.98 Å². The summed E-state index contributed by atoms with van der Waals surface area (Å²) in [5.74, 6) is -1.60. The summed E-state index contributed by atoms with van der Waals surface area (Å²) < 4.78 is 44.3. The van der Waals surface area contributed by atoms with Crippen LogP contribution in [0.5, 0.6) is 0 Å². The number of nitrogens with one attached hydrogen (secondary N) is 1. The van der Waals surface area contributed by atoms with E-state index in [9.17, 15) is 22.8 Å². The third-order valence-corrected chi connectivity index (χ3v) is 7.26. The van der Waals surface area contributed by atoms with Crippen LogP contribution >= 0.6 is 0 Å². The third-order valence-electron chi connectivity index (χ3n) is 7.26. The van der Waals surface area contributed by atoms with Gasteiger partial charge in [-0.2, -0.15) is 13.2 Å². The highest BCUT2D eigenvalue weighted by molar-refractivity contribution is 5.93. The smallest absolute Gasteiger partial charge is 0.395 e. The molecule has 1 aromatic heterocycles. The van der Waals surface area contributed by atoms with Gasteiger partial charge in [0.15, 0.2) is 5.58 Å². The molecule has 9 heteroatoms. The first-order valence-corrected chi connectivity index (χ1v) is 12.9. The Labute approximate surface area is 223 Å². The van der Waals surface area contributed by atoms with E-state index in [1.807, 2.05) is 42.5 Å². The lowest BCUT2D eigenvalue weighted by Gasteiger charge is -2.31. The van der Waals surface area contributed by atoms with Crippen molar-refractivity contribution in [1.29, 1.82) is 0 Å². The zero-order valence-corrected chi connectivity index (χ0v) is 21.4. The number of hydrogen-bond acceptors (Lipinski definition) is 4. The van der Waals surface area contributed by atoms with Gasteiger partial charge >= 0.3 is 12.1 Å². The van der Waals surface area contributed by atoms with E-state index in [0.717, 1.165) is 25.3 Å². The van der Waals surface area contributed by atoms with Crippen LogP contribution in [0.2, 0.25) is 0 Å². The molecule has 0 radical (unpaired) electrons. The molecule has 5 rings (SSSR count). The summed E-state index contributed by atoms with van der Waals surface area (Å²) in [7, 11) is 0. The van der Waals surface area contributed by atoms with Crippen LogP contribution in [0.15, 0.2) is 77.2 Å². The molecule has 202 valence electrons. The predicted octanol–water partition coefficient (Wildman–Crippen LogP) is 6.69. The van der Waals surface area contributed by atoms with Gasteiger partial charge in [-0.15, -0.1) is 0 Å². The number of nitrogens with zero attached hydrogens (tertiary/aromatic N) is 2. The molecule has 4 aromatic rings. The van der Waals surface area contributed by atoms with Gasteiger partial charge in [0.1, 0.15) is 5.52 Å². The number of carbonyl (C=O) groups is 2. The number of likely N-dealkylation sites (tertiary alicyclic amines) is 1. The van der Waals surface area contributed by atoms with Gasteiger partial charge in [-0.3, -0.25) is 9.59 Å². The molecule has 2 amide bonds. The third kappa shape index (κ3) is 6.13. The van der Waals surface area contributed by atoms with Crippen molar-refractivity contribution in [1.82, 2.24) is 9.88 Å². The highest BCUT2D eigenvalue weighted by atomic mass is 19.4. The van der Waals surface area contributed by atoms with Gasteiger partial charge in [-0.05, 0) is 66.6 Å². The van der Waals surface area contributed by atoms with E-state index in [4.69, 9.17) is 4.42 Å². The van der Waals surface area contributed by atoms with E-state index in [-0.39, 0.29) is 29.7 Å². The van der Waals surface area contributed by atoms with Gasteiger partial charge in [0, 0.05) is 18.8 Å². The second kappa shape index (κ2) is 10.9. The minimum atomic E-state index is -4.30. The van der Waals surface area contributed by atoms with Crippen LogP contribution in [0.4, 0.5) is 18.9 Å². The van der Waals surface area contributed by atoms with Crippen LogP contribution in [0, 0.1) is 0 Å². The monoisotopic (exact) mass is 535 g/mol. The number of halogens is 3. The van der Waals surface area contributed by atoms with Gasteiger partial charge in [0.05, 0.1) is 12.3 Å². The molecule has 39 heavy (non-hydrogen) atoms. The van der Waals surface area contributed by atoms with E-state index in [1.54, 1.807) is 23.1 Å². The molecule has 0 spiro atoms. The minimum absolute atomic E-state index is 0.0645. The number of aromatic nitrogens is 1. The number of anilines is 1. The average Bonchev–Trinajstić information content (AvgIpc) is 3.37. The number of amides is 2. The Hall–Kier alpha value is -4.14. The summed E-state index contributed by atoms with van der Waals surface area (Å²) in [5.41, 5.74) is 3.85. The van der Waals surface area contributed by atoms with E-state index in [2.05, 4.69) is 10.3 Å². The molecular weight excluding hydrogens is 507 g/mol. The van der Waals surface area contributed by atoms with Crippen molar-refractivity contribution in [3.63, 3.8) is 0 Å². The van der Waals surface area contributed by atoms with Crippen molar-refractivity contribution in [3.8, 4) is 0 Å². The molecule has 1 aliphatic rings. The molecule has 0 saturated carbocycles. The fourth-order valence-corrected chi connectivity index (χ4v) is 4.86. The first-order valence-electron chi connectivity index (χ1n) is 12.9. The molecule has 3 aromatic carbocycles. The largest absolute Gasteiger partial charge is 0.432 e. The maximum atomic E-state index is 12.9. The zero-order chi connectivity index (χ0) is 27.6. The predicted molar refractivity (Wildman–Crippen MR) is 142 cm³/mol. The molecule has 1 fully saturated rings. The number of benzene rings is 3. The zero-order valence-electron chi connectivity index (χ0n) is 21.4. The number of fused-ring (bicyclic) bond motifs is 1. The van der Waals surface area contributed by atoms with E-state index in [0.29, 0.717) is 41.4 Å². The Morgan fingerprint density at radius 3 is 2.31 bits per heavy atom. The van der Waals surface area contributed by atoms with Crippen LogP contribution in [-0.4, -0.2) is 41.0 Å². The Morgan fingerprint density at radius 1 is 1.00 bits per heavy atom. The number of hydrogen-bond donors (Lipinski definition) is 1. The van der Waals surface area contributed by atoms with Gasteiger partial charge < -0.3 is 14.6 Å². The van der Waals surface area contributed by atoms with Gasteiger partial charge in [0.25, 0.3) is 5.89 Å². The van der Waals surface area contributed by atoms with E-state index in [1.165, 1.54) is 12.1 Å². The van der Waals surface area contributed by atoms with Crippen LogP contribution in [0.3, 0.4) is 0 Å². The quantitative estimate of drug-likeness (QED) is 0.298. The van der Waals surface area contributed by atoms with Crippen molar-refractivity contribution in [2.45, 2.75) is 44.2 Å². The summed E-state index contributed by atoms with van der Waals surface area (Å²) in [4.78, 5) is 31.4. The number of oxazole rings is 1. The van der Waals surface area contributed by atoms with Crippen molar-refractivity contribution in [2.75, 3.05) is 18.4 Å². The SMILES string of the molecule is CC(c1ccc(CC(=O)Nc2ccc(C3CCN(C(=O)c4nc5ccccc5o4)CC3)cc2)cc1)C(F)(F)F. The topological polar surface area (TPSA) is 75.4 Å². The summed E-state index contributed by atoms with van der Waals surface area (Å²) in [6.07, 6.45) is -2.62. The standard InChI is InChI=1S/C30H28F3N3O3/c1-19(30(31,32)33)21-8-6-20(7-9-21)18-27(37)34-24-12-10-22(11-13-24)23-14-16-36(17-15-23)29(38)28-35-25-4-2-3-5-26(25)39-28/h2-13,19,23H,14-18H2,1H3,(H,34,37). The van der Waals surface area contributed by atoms with Gasteiger partial charge in [-0.1, -0.05) is 48.5 Å².